The lowest BCUT2D eigenvalue weighted by atomic mass is 9.99. The van der Waals surface area contributed by atoms with E-state index >= 15 is 0 Å². The molecule has 3 aromatic rings. The van der Waals surface area contributed by atoms with Crippen molar-refractivity contribution in [1.29, 1.82) is 0 Å². The summed E-state index contributed by atoms with van der Waals surface area (Å²) in [6.07, 6.45) is 3.35. The van der Waals surface area contributed by atoms with Crippen molar-refractivity contribution in [3.63, 3.8) is 0 Å². The predicted molar refractivity (Wildman–Crippen MR) is 136 cm³/mol. The van der Waals surface area contributed by atoms with Gasteiger partial charge in [0.05, 0.1) is 12.1 Å². The summed E-state index contributed by atoms with van der Waals surface area (Å²) in [6.45, 7) is 10.3. The Bertz CT molecular complexity index is 1230. The lowest BCUT2D eigenvalue weighted by molar-refractivity contribution is -0.137. The fourth-order valence-electron chi connectivity index (χ4n) is 4.16. The zero-order valence-electron chi connectivity index (χ0n) is 20.1. The molecule has 34 heavy (non-hydrogen) atoms. The molecule has 2 amide bonds. The summed E-state index contributed by atoms with van der Waals surface area (Å²) in [6, 6.07) is 17.5. The number of carbonyl (C=O) groups excluding carboxylic acids is 2. The van der Waals surface area contributed by atoms with Gasteiger partial charge in [0, 0.05) is 36.9 Å². The third-order valence-corrected chi connectivity index (χ3v) is 6.29. The lowest BCUT2D eigenvalue weighted by Gasteiger charge is -2.21. The molecule has 1 aliphatic rings. The molecule has 0 atom stereocenters. The van der Waals surface area contributed by atoms with Gasteiger partial charge in [0.1, 0.15) is 5.70 Å². The predicted octanol–water partition coefficient (Wildman–Crippen LogP) is 4.94. The number of benzene rings is 2. The van der Waals surface area contributed by atoms with Crippen molar-refractivity contribution < 1.29 is 9.59 Å². The van der Waals surface area contributed by atoms with E-state index in [4.69, 9.17) is 0 Å². The third kappa shape index (κ3) is 4.57. The van der Waals surface area contributed by atoms with Crippen LogP contribution in [-0.4, -0.2) is 34.8 Å². The Labute approximate surface area is 200 Å². The number of aryl methyl sites for hydroxylation is 2. The van der Waals surface area contributed by atoms with E-state index in [1.54, 1.807) is 18.5 Å². The normalized spacial score (nSPS) is 13.6. The molecule has 1 N–H and O–H groups in total. The van der Waals surface area contributed by atoms with Crippen LogP contribution in [0.5, 0.6) is 0 Å². The highest BCUT2D eigenvalue weighted by molar-refractivity contribution is 6.36. The minimum Gasteiger partial charge on any atom is -0.372 e. The highest BCUT2D eigenvalue weighted by Crippen LogP contribution is 2.32. The Morgan fingerprint density at radius 1 is 0.912 bits per heavy atom. The van der Waals surface area contributed by atoms with Crippen LogP contribution in [0.4, 0.5) is 11.4 Å². The zero-order chi connectivity index (χ0) is 24.2. The van der Waals surface area contributed by atoms with Crippen molar-refractivity contribution in [2.24, 2.45) is 0 Å². The average Bonchev–Trinajstić information content (AvgIpc) is 3.07. The molecule has 0 saturated heterocycles. The molecular formula is C28H30N4O2. The second kappa shape index (κ2) is 9.91. The number of amides is 2. The topological polar surface area (TPSA) is 65.5 Å². The Balaban J connectivity index is 1.71. The summed E-state index contributed by atoms with van der Waals surface area (Å²) < 4.78 is 0. The molecule has 0 radical (unpaired) electrons. The van der Waals surface area contributed by atoms with Gasteiger partial charge in [-0.25, -0.2) is 0 Å². The average molecular weight is 455 g/mol. The first-order chi connectivity index (χ1) is 16.4. The number of anilines is 2. The third-order valence-electron chi connectivity index (χ3n) is 6.29. The Hall–Kier alpha value is -3.93. The molecule has 0 spiro atoms. The van der Waals surface area contributed by atoms with Crippen molar-refractivity contribution in [2.75, 3.05) is 23.3 Å². The van der Waals surface area contributed by atoms with Crippen LogP contribution in [0.25, 0.3) is 5.57 Å². The molecule has 0 unspecified atom stereocenters. The number of rotatable bonds is 8. The van der Waals surface area contributed by atoms with Crippen LogP contribution in [0.15, 0.2) is 72.7 Å². The fourth-order valence-corrected chi connectivity index (χ4v) is 4.16. The number of carbonyl (C=O) groups is 2. The second-order valence-corrected chi connectivity index (χ2v) is 8.45. The Morgan fingerprint density at radius 3 is 2.26 bits per heavy atom. The first-order valence-corrected chi connectivity index (χ1v) is 11.6. The van der Waals surface area contributed by atoms with Gasteiger partial charge in [-0.1, -0.05) is 24.3 Å². The van der Waals surface area contributed by atoms with E-state index < -0.39 is 0 Å². The molecule has 6 heteroatoms. The van der Waals surface area contributed by atoms with Crippen LogP contribution in [0.1, 0.15) is 36.1 Å². The number of hydrogen-bond acceptors (Lipinski definition) is 5. The maximum atomic E-state index is 13.5. The largest absolute Gasteiger partial charge is 0.372 e. The quantitative estimate of drug-likeness (QED) is 0.489. The van der Waals surface area contributed by atoms with Gasteiger partial charge in [-0.05, 0) is 80.3 Å². The summed E-state index contributed by atoms with van der Waals surface area (Å²) in [4.78, 5) is 34.7. The molecule has 0 saturated carbocycles. The van der Waals surface area contributed by atoms with Crippen LogP contribution in [0.3, 0.4) is 0 Å². The number of nitrogens with zero attached hydrogens (tertiary/aromatic N) is 3. The summed E-state index contributed by atoms with van der Waals surface area (Å²) in [5.74, 6) is -0.644. The zero-order valence-corrected chi connectivity index (χ0v) is 20.1. The van der Waals surface area contributed by atoms with E-state index in [0.29, 0.717) is 11.3 Å². The fraction of sp³-hybridized carbons (Fsp3) is 0.250. The van der Waals surface area contributed by atoms with Crippen LogP contribution < -0.4 is 10.2 Å². The van der Waals surface area contributed by atoms with E-state index in [-0.39, 0.29) is 18.4 Å². The standard InChI is InChI=1S/C28H30N4O2/c1-5-31(6-2)24-13-11-23(12-14-24)30-26-25(22-10-9-19(3)20(4)16-22)27(33)32(28(26)34)18-21-8-7-15-29-17-21/h7-17,30H,5-6,18H2,1-4H3. The monoisotopic (exact) mass is 454 g/mol. The smallest absolute Gasteiger partial charge is 0.278 e. The summed E-state index contributed by atoms with van der Waals surface area (Å²) >= 11 is 0. The van der Waals surface area contributed by atoms with Crippen LogP contribution in [0, 0.1) is 13.8 Å². The van der Waals surface area contributed by atoms with Gasteiger partial charge in [0.2, 0.25) is 0 Å². The van der Waals surface area contributed by atoms with Crippen LogP contribution in [0.2, 0.25) is 0 Å². The molecular weight excluding hydrogens is 424 g/mol. The summed E-state index contributed by atoms with van der Waals surface area (Å²) in [5.41, 5.74) is 6.31. The molecule has 174 valence electrons. The van der Waals surface area contributed by atoms with Gasteiger partial charge in [-0.15, -0.1) is 0 Å². The van der Waals surface area contributed by atoms with Crippen molar-refractivity contribution >= 4 is 28.8 Å². The molecule has 1 aliphatic heterocycles. The molecule has 2 heterocycles. The van der Waals surface area contributed by atoms with E-state index in [2.05, 4.69) is 29.0 Å². The van der Waals surface area contributed by atoms with Crippen LogP contribution in [-0.2, 0) is 16.1 Å². The van der Waals surface area contributed by atoms with Crippen molar-refractivity contribution in [1.82, 2.24) is 9.88 Å². The van der Waals surface area contributed by atoms with E-state index in [0.717, 1.165) is 46.7 Å². The van der Waals surface area contributed by atoms with E-state index in [1.807, 2.05) is 62.4 Å². The van der Waals surface area contributed by atoms with Gasteiger partial charge in [-0.3, -0.25) is 19.5 Å². The molecule has 1 aromatic heterocycles. The Morgan fingerprint density at radius 2 is 1.65 bits per heavy atom. The van der Waals surface area contributed by atoms with Crippen molar-refractivity contribution in [3.8, 4) is 0 Å². The van der Waals surface area contributed by atoms with Crippen LogP contribution >= 0.6 is 0 Å². The Kier molecular flexibility index (Phi) is 6.77. The van der Waals surface area contributed by atoms with Crippen molar-refractivity contribution in [3.05, 3.63) is 94.9 Å². The van der Waals surface area contributed by atoms with Crippen molar-refractivity contribution in [2.45, 2.75) is 34.2 Å². The maximum absolute atomic E-state index is 13.5. The van der Waals surface area contributed by atoms with Gasteiger partial charge in [0.15, 0.2) is 0 Å². The van der Waals surface area contributed by atoms with Gasteiger partial charge < -0.3 is 10.2 Å². The lowest BCUT2D eigenvalue weighted by Crippen LogP contribution is -2.32. The maximum Gasteiger partial charge on any atom is 0.278 e. The number of pyridine rings is 1. The molecule has 2 aromatic carbocycles. The van der Waals surface area contributed by atoms with Gasteiger partial charge in [0.25, 0.3) is 11.8 Å². The number of nitrogens with one attached hydrogen (secondary N) is 1. The number of aromatic nitrogens is 1. The minimum atomic E-state index is -0.338. The number of hydrogen-bond donors (Lipinski definition) is 1. The molecule has 6 nitrogen and oxygen atoms in total. The summed E-state index contributed by atoms with van der Waals surface area (Å²) in [7, 11) is 0. The molecule has 0 aliphatic carbocycles. The van der Waals surface area contributed by atoms with Gasteiger partial charge >= 0.3 is 0 Å². The first-order valence-electron chi connectivity index (χ1n) is 11.6. The first kappa shape index (κ1) is 23.2. The highest BCUT2D eigenvalue weighted by Gasteiger charge is 2.39. The highest BCUT2D eigenvalue weighted by atomic mass is 16.2. The molecule has 0 fully saturated rings. The van der Waals surface area contributed by atoms with E-state index in [1.165, 1.54) is 4.90 Å². The number of imide groups is 1. The molecule has 4 rings (SSSR count). The van der Waals surface area contributed by atoms with E-state index in [9.17, 15) is 9.59 Å². The summed E-state index contributed by atoms with van der Waals surface area (Å²) in [5, 5.41) is 3.26. The van der Waals surface area contributed by atoms with Gasteiger partial charge in [-0.2, -0.15) is 0 Å². The molecule has 0 bridgehead atoms. The minimum absolute atomic E-state index is 0.173. The SMILES string of the molecule is CCN(CC)c1ccc(NC2=C(c3ccc(C)c(C)c3)C(=O)N(Cc3cccnc3)C2=O)cc1. The second-order valence-electron chi connectivity index (χ2n) is 8.45.